The van der Waals surface area contributed by atoms with Crippen LogP contribution in [0.15, 0.2) is 18.2 Å². The summed E-state index contributed by atoms with van der Waals surface area (Å²) in [5.41, 5.74) is 0.618. The van der Waals surface area contributed by atoms with Gasteiger partial charge in [0, 0.05) is 12.0 Å². The van der Waals surface area contributed by atoms with E-state index in [2.05, 4.69) is 4.74 Å². The summed E-state index contributed by atoms with van der Waals surface area (Å²) in [6, 6.07) is 4.61. The van der Waals surface area contributed by atoms with Crippen LogP contribution in [0.5, 0.6) is 5.75 Å². The summed E-state index contributed by atoms with van der Waals surface area (Å²) in [7, 11) is 0. The third-order valence-electron chi connectivity index (χ3n) is 2.47. The minimum atomic E-state index is -4.33. The summed E-state index contributed by atoms with van der Waals surface area (Å²) in [5.74, 6) is -0.651. The molecule has 0 bridgehead atoms. The van der Waals surface area contributed by atoms with Gasteiger partial charge in [-0.05, 0) is 19.1 Å². The topological polar surface area (TPSA) is 55.8 Å². The maximum atomic E-state index is 11.8. The van der Waals surface area contributed by atoms with E-state index in [1.165, 1.54) is 6.07 Å². The van der Waals surface area contributed by atoms with Crippen molar-refractivity contribution in [2.45, 2.75) is 19.5 Å². The Morgan fingerprint density at radius 2 is 2.00 bits per heavy atom. The average Bonchev–Trinajstić information content (AvgIpc) is 2.33. The van der Waals surface area contributed by atoms with Crippen LogP contribution in [0.2, 0.25) is 0 Å². The molecule has 0 aromatic heterocycles. The first-order chi connectivity index (χ1) is 9.31. The number of alkyl halides is 3. The maximum absolute atomic E-state index is 11.8. The molecule has 1 aromatic rings. The molecule has 0 fully saturated rings. The molecular formula is C13H15F3O4. The van der Waals surface area contributed by atoms with Crippen LogP contribution in [-0.4, -0.2) is 37.1 Å². The van der Waals surface area contributed by atoms with Gasteiger partial charge in [0.1, 0.15) is 12.4 Å². The second-order valence-corrected chi connectivity index (χ2v) is 4.10. The molecule has 1 rings (SSSR count). The first-order valence-electron chi connectivity index (χ1n) is 5.91. The summed E-state index contributed by atoms with van der Waals surface area (Å²) in [6.07, 6.45) is -4.04. The minimum Gasteiger partial charge on any atom is -0.493 e. The van der Waals surface area contributed by atoms with Gasteiger partial charge in [-0.2, -0.15) is 13.2 Å². The van der Waals surface area contributed by atoms with Gasteiger partial charge in [-0.3, -0.25) is 0 Å². The molecule has 20 heavy (non-hydrogen) atoms. The second kappa shape index (κ2) is 7.14. The van der Waals surface area contributed by atoms with Crippen molar-refractivity contribution in [3.05, 3.63) is 29.3 Å². The van der Waals surface area contributed by atoms with Crippen LogP contribution in [0.25, 0.3) is 0 Å². The van der Waals surface area contributed by atoms with Crippen LogP contribution in [-0.2, 0) is 4.74 Å². The lowest BCUT2D eigenvalue weighted by atomic mass is 10.1. The van der Waals surface area contributed by atoms with Gasteiger partial charge in [-0.15, -0.1) is 0 Å². The summed E-state index contributed by atoms with van der Waals surface area (Å²) in [5, 5.41) is 8.93. The Bertz CT molecular complexity index is 457. The highest BCUT2D eigenvalue weighted by Crippen LogP contribution is 2.21. The number of hydrogen-bond acceptors (Lipinski definition) is 3. The van der Waals surface area contributed by atoms with Gasteiger partial charge < -0.3 is 14.6 Å². The number of hydrogen-bond donors (Lipinski definition) is 1. The van der Waals surface area contributed by atoms with E-state index in [0.717, 1.165) is 0 Å². The highest BCUT2D eigenvalue weighted by atomic mass is 19.4. The van der Waals surface area contributed by atoms with E-state index in [4.69, 9.17) is 9.84 Å². The van der Waals surface area contributed by atoms with E-state index in [0.29, 0.717) is 11.3 Å². The van der Waals surface area contributed by atoms with E-state index < -0.39 is 18.8 Å². The zero-order valence-electron chi connectivity index (χ0n) is 10.9. The van der Waals surface area contributed by atoms with Crippen molar-refractivity contribution >= 4 is 5.97 Å². The van der Waals surface area contributed by atoms with Gasteiger partial charge in [0.2, 0.25) is 0 Å². The lowest BCUT2D eigenvalue weighted by Gasteiger charge is -2.11. The van der Waals surface area contributed by atoms with E-state index in [9.17, 15) is 18.0 Å². The predicted octanol–water partition coefficient (Wildman–Crippen LogP) is 3.04. The largest absolute Gasteiger partial charge is 0.493 e. The number of aromatic carboxylic acids is 1. The number of carboxylic acids is 1. The van der Waals surface area contributed by atoms with Gasteiger partial charge in [0.15, 0.2) is 0 Å². The zero-order valence-corrected chi connectivity index (χ0v) is 10.9. The lowest BCUT2D eigenvalue weighted by Crippen LogP contribution is -2.18. The zero-order chi connectivity index (χ0) is 15.2. The van der Waals surface area contributed by atoms with Gasteiger partial charge >= 0.3 is 12.1 Å². The molecule has 0 aliphatic carbocycles. The normalized spacial score (nSPS) is 11.4. The summed E-state index contributed by atoms with van der Waals surface area (Å²) in [4.78, 5) is 10.9. The molecule has 0 saturated heterocycles. The average molecular weight is 292 g/mol. The Morgan fingerprint density at radius 1 is 1.30 bits per heavy atom. The molecule has 0 unspecified atom stereocenters. The summed E-state index contributed by atoms with van der Waals surface area (Å²) in [6.45, 7) is 0.415. The van der Waals surface area contributed by atoms with E-state index in [1.54, 1.807) is 19.1 Å². The highest BCUT2D eigenvalue weighted by Gasteiger charge is 2.27. The van der Waals surface area contributed by atoms with Crippen molar-refractivity contribution in [1.29, 1.82) is 0 Å². The fourth-order valence-electron chi connectivity index (χ4n) is 1.53. The van der Waals surface area contributed by atoms with Crippen molar-refractivity contribution in [1.82, 2.24) is 0 Å². The van der Waals surface area contributed by atoms with Crippen molar-refractivity contribution in [3.8, 4) is 5.75 Å². The SMILES string of the molecule is Cc1c(OCCCOCC(F)(F)F)cccc1C(=O)O. The third-order valence-corrected chi connectivity index (χ3v) is 2.47. The predicted molar refractivity (Wildman–Crippen MR) is 65.1 cm³/mol. The molecule has 4 nitrogen and oxygen atoms in total. The molecule has 0 aliphatic heterocycles. The molecule has 112 valence electrons. The first kappa shape index (κ1) is 16.3. The van der Waals surface area contributed by atoms with Crippen molar-refractivity contribution < 1.29 is 32.5 Å². The molecule has 1 aromatic carbocycles. The molecule has 0 amide bonds. The van der Waals surface area contributed by atoms with Crippen molar-refractivity contribution in [2.75, 3.05) is 19.8 Å². The van der Waals surface area contributed by atoms with Crippen LogP contribution in [0, 0.1) is 6.92 Å². The molecule has 0 spiro atoms. The summed E-state index contributed by atoms with van der Waals surface area (Å²) < 4.78 is 45.1. The van der Waals surface area contributed by atoms with E-state index in [-0.39, 0.29) is 25.2 Å². The Hall–Kier alpha value is -1.76. The number of carboxylic acid groups (broad SMARTS) is 1. The van der Waals surface area contributed by atoms with Crippen LogP contribution in [0.4, 0.5) is 13.2 Å². The number of ether oxygens (including phenoxy) is 2. The Balaban J connectivity index is 2.36. The molecule has 0 saturated carbocycles. The number of halogens is 3. The second-order valence-electron chi connectivity index (χ2n) is 4.10. The quantitative estimate of drug-likeness (QED) is 0.785. The Kier molecular flexibility index (Phi) is 5.82. The fraction of sp³-hybridized carbons (Fsp3) is 0.462. The van der Waals surface area contributed by atoms with Gasteiger partial charge in [-0.1, -0.05) is 6.07 Å². The molecule has 1 N–H and O–H groups in total. The van der Waals surface area contributed by atoms with Gasteiger partial charge in [0.25, 0.3) is 0 Å². The third kappa shape index (κ3) is 5.48. The number of benzene rings is 1. The van der Waals surface area contributed by atoms with Crippen molar-refractivity contribution in [3.63, 3.8) is 0 Å². The van der Waals surface area contributed by atoms with Crippen LogP contribution >= 0.6 is 0 Å². The molecule has 7 heteroatoms. The van der Waals surface area contributed by atoms with Gasteiger partial charge in [0.05, 0.1) is 18.8 Å². The smallest absolute Gasteiger partial charge is 0.411 e. The van der Waals surface area contributed by atoms with Gasteiger partial charge in [-0.25, -0.2) is 4.79 Å². The lowest BCUT2D eigenvalue weighted by molar-refractivity contribution is -0.174. The van der Waals surface area contributed by atoms with E-state index >= 15 is 0 Å². The van der Waals surface area contributed by atoms with Crippen LogP contribution in [0.1, 0.15) is 22.3 Å². The Morgan fingerprint density at radius 3 is 2.60 bits per heavy atom. The molecule has 0 aliphatic rings. The maximum Gasteiger partial charge on any atom is 0.411 e. The molecular weight excluding hydrogens is 277 g/mol. The minimum absolute atomic E-state index is 0.0722. The molecule has 0 atom stereocenters. The molecule has 0 radical (unpaired) electrons. The standard InChI is InChI=1S/C13H15F3O4/c1-9-10(12(17)18)4-2-5-11(9)20-7-3-6-19-8-13(14,15)16/h2,4-5H,3,6-8H2,1H3,(H,17,18). The monoisotopic (exact) mass is 292 g/mol. The Labute approximate surface area is 114 Å². The fourth-order valence-corrected chi connectivity index (χ4v) is 1.53. The molecule has 0 heterocycles. The van der Waals surface area contributed by atoms with Crippen LogP contribution < -0.4 is 4.74 Å². The van der Waals surface area contributed by atoms with Crippen LogP contribution in [0.3, 0.4) is 0 Å². The summed E-state index contributed by atoms with van der Waals surface area (Å²) >= 11 is 0. The van der Waals surface area contributed by atoms with Crippen molar-refractivity contribution in [2.24, 2.45) is 0 Å². The van der Waals surface area contributed by atoms with E-state index in [1.807, 2.05) is 0 Å². The number of rotatable bonds is 7. The first-order valence-corrected chi connectivity index (χ1v) is 5.91. The highest BCUT2D eigenvalue weighted by molar-refractivity contribution is 5.90. The number of carbonyl (C=O) groups is 1.